The molecule has 138 valence electrons. The molecule has 0 unspecified atom stereocenters. The molecule has 0 amide bonds. The zero-order valence-electron chi connectivity index (χ0n) is 14.2. The Labute approximate surface area is 155 Å². The molecule has 0 spiro atoms. The van der Waals surface area contributed by atoms with Gasteiger partial charge in [0.05, 0.1) is 17.9 Å². The van der Waals surface area contributed by atoms with Crippen molar-refractivity contribution >= 4 is 28.7 Å². The highest BCUT2D eigenvalue weighted by atomic mass is 32.1. The van der Waals surface area contributed by atoms with Crippen molar-refractivity contribution in [2.75, 3.05) is 11.9 Å². The highest BCUT2D eigenvalue weighted by Crippen LogP contribution is 2.29. The quantitative estimate of drug-likeness (QED) is 0.443. The fourth-order valence-electron chi connectivity index (χ4n) is 2.08. The fraction of sp³-hybridized carbons (Fsp3) is 0.222. The molecular weight excluding hydrogens is 363 g/mol. The number of hydrogen-bond acceptors (Lipinski definition) is 3. The maximum atomic E-state index is 12.8. The highest BCUT2D eigenvalue weighted by molar-refractivity contribution is 7.80. The Balaban J connectivity index is 1.98. The minimum Gasteiger partial charge on any atom is -0.494 e. The van der Waals surface area contributed by atoms with Crippen molar-refractivity contribution in [1.29, 1.82) is 0 Å². The Bertz CT molecular complexity index is 789. The standard InChI is InChI=1S/C18H18F3N3OS/c1-3-25-16-9-7-15(8-10-16)22-17(26)24-23-12(2)13-5-4-6-14(11-13)18(19,20)21/h4-11H,3H2,1-2H3,(H2,22,24,26)/b23-12-. The lowest BCUT2D eigenvalue weighted by atomic mass is 10.1. The van der Waals surface area contributed by atoms with Crippen molar-refractivity contribution < 1.29 is 17.9 Å². The van der Waals surface area contributed by atoms with Gasteiger partial charge >= 0.3 is 6.18 Å². The number of hydrogen-bond donors (Lipinski definition) is 2. The van der Waals surface area contributed by atoms with E-state index in [1.54, 1.807) is 37.3 Å². The monoisotopic (exact) mass is 381 g/mol. The molecule has 0 aromatic heterocycles. The van der Waals surface area contributed by atoms with Crippen LogP contribution < -0.4 is 15.5 Å². The number of rotatable bonds is 5. The van der Waals surface area contributed by atoms with Crippen LogP contribution in [0.25, 0.3) is 0 Å². The summed E-state index contributed by atoms with van der Waals surface area (Å²) in [5.41, 5.74) is 3.37. The van der Waals surface area contributed by atoms with Crippen LogP contribution in [-0.2, 0) is 6.18 Å². The molecule has 0 bridgehead atoms. The van der Waals surface area contributed by atoms with E-state index in [1.165, 1.54) is 6.07 Å². The summed E-state index contributed by atoms with van der Waals surface area (Å²) in [5.74, 6) is 0.746. The smallest absolute Gasteiger partial charge is 0.416 e. The van der Waals surface area contributed by atoms with Crippen molar-refractivity contribution in [2.24, 2.45) is 5.10 Å². The van der Waals surface area contributed by atoms with Crippen LogP contribution in [0.1, 0.15) is 25.0 Å². The van der Waals surface area contributed by atoms with Crippen molar-refractivity contribution in [3.63, 3.8) is 0 Å². The first kappa shape index (κ1) is 19.7. The maximum absolute atomic E-state index is 12.8. The fourth-order valence-corrected chi connectivity index (χ4v) is 2.24. The van der Waals surface area contributed by atoms with Crippen LogP contribution in [0.5, 0.6) is 5.75 Å². The third kappa shape index (κ3) is 5.73. The summed E-state index contributed by atoms with van der Waals surface area (Å²) in [7, 11) is 0. The predicted molar refractivity (Wildman–Crippen MR) is 101 cm³/mol. The van der Waals surface area contributed by atoms with Gasteiger partial charge < -0.3 is 10.1 Å². The molecule has 0 aliphatic rings. The number of ether oxygens (including phenoxy) is 1. The molecule has 26 heavy (non-hydrogen) atoms. The summed E-state index contributed by atoms with van der Waals surface area (Å²) >= 11 is 5.13. The van der Waals surface area contributed by atoms with Gasteiger partial charge in [-0.05, 0) is 68.0 Å². The maximum Gasteiger partial charge on any atom is 0.416 e. The van der Waals surface area contributed by atoms with Crippen LogP contribution in [0.3, 0.4) is 0 Å². The average molecular weight is 381 g/mol. The van der Waals surface area contributed by atoms with Crippen LogP contribution in [-0.4, -0.2) is 17.4 Å². The van der Waals surface area contributed by atoms with Gasteiger partial charge in [-0.1, -0.05) is 12.1 Å². The van der Waals surface area contributed by atoms with Gasteiger partial charge in [0, 0.05) is 5.69 Å². The Hall–Kier alpha value is -2.61. The number of benzene rings is 2. The molecule has 0 saturated heterocycles. The van der Waals surface area contributed by atoms with Crippen molar-refractivity contribution in [1.82, 2.24) is 5.43 Å². The normalized spacial score (nSPS) is 11.8. The van der Waals surface area contributed by atoms with Gasteiger partial charge in [0.15, 0.2) is 5.11 Å². The molecular formula is C18H18F3N3OS. The molecule has 0 fully saturated rings. The first-order valence-corrected chi connectivity index (χ1v) is 8.22. The lowest BCUT2D eigenvalue weighted by molar-refractivity contribution is -0.137. The number of nitrogens with one attached hydrogen (secondary N) is 2. The third-order valence-electron chi connectivity index (χ3n) is 3.36. The van der Waals surface area contributed by atoms with Crippen molar-refractivity contribution in [2.45, 2.75) is 20.0 Å². The predicted octanol–water partition coefficient (Wildman–Crippen LogP) is 4.81. The van der Waals surface area contributed by atoms with Gasteiger partial charge in [-0.3, -0.25) is 5.43 Å². The first-order valence-electron chi connectivity index (χ1n) is 7.81. The lowest BCUT2D eigenvalue weighted by Crippen LogP contribution is -2.25. The zero-order chi connectivity index (χ0) is 19.2. The SMILES string of the molecule is CCOc1ccc(NC(=S)N/N=C(/C)c2cccc(C(F)(F)F)c2)cc1. The second-order valence-electron chi connectivity index (χ2n) is 5.30. The van der Waals surface area contributed by atoms with E-state index in [-0.39, 0.29) is 5.11 Å². The summed E-state index contributed by atoms with van der Waals surface area (Å²) in [4.78, 5) is 0. The van der Waals surface area contributed by atoms with Crippen molar-refractivity contribution in [3.8, 4) is 5.75 Å². The van der Waals surface area contributed by atoms with Gasteiger partial charge in [0.25, 0.3) is 0 Å². The summed E-state index contributed by atoms with van der Waals surface area (Å²) < 4.78 is 43.7. The molecule has 4 nitrogen and oxygen atoms in total. The molecule has 0 radical (unpaired) electrons. The Morgan fingerprint density at radius 2 is 1.85 bits per heavy atom. The van der Waals surface area contributed by atoms with E-state index < -0.39 is 11.7 Å². The van der Waals surface area contributed by atoms with E-state index in [9.17, 15) is 13.2 Å². The van der Waals surface area contributed by atoms with E-state index in [1.807, 2.05) is 6.92 Å². The van der Waals surface area contributed by atoms with Gasteiger partial charge in [-0.25, -0.2) is 0 Å². The summed E-state index contributed by atoms with van der Waals surface area (Å²) in [6.07, 6.45) is -4.39. The zero-order valence-corrected chi connectivity index (χ0v) is 15.0. The minimum absolute atomic E-state index is 0.223. The van der Waals surface area contributed by atoms with Crippen LogP contribution in [0.15, 0.2) is 53.6 Å². The molecule has 2 aromatic carbocycles. The van der Waals surface area contributed by atoms with Crippen molar-refractivity contribution in [3.05, 3.63) is 59.7 Å². The number of halogens is 3. The number of thiocarbonyl (C=S) groups is 1. The summed E-state index contributed by atoms with van der Waals surface area (Å²) in [6.45, 7) is 4.08. The van der Waals surface area contributed by atoms with Crippen LogP contribution in [0.2, 0.25) is 0 Å². The van der Waals surface area contributed by atoms with Gasteiger partial charge in [-0.2, -0.15) is 18.3 Å². The summed E-state index contributed by atoms with van der Waals surface area (Å²) in [5, 5.41) is 7.19. The van der Waals surface area contributed by atoms with Crippen LogP contribution >= 0.6 is 12.2 Å². The molecule has 0 aliphatic carbocycles. The molecule has 8 heteroatoms. The molecule has 2 N–H and O–H groups in total. The Kier molecular flexibility index (Phi) is 6.57. The van der Waals surface area contributed by atoms with E-state index in [4.69, 9.17) is 17.0 Å². The first-order chi connectivity index (χ1) is 12.3. The average Bonchev–Trinajstić information content (AvgIpc) is 2.61. The highest BCUT2D eigenvalue weighted by Gasteiger charge is 2.30. The second kappa shape index (κ2) is 8.66. The number of hydrazone groups is 1. The minimum atomic E-state index is -4.39. The summed E-state index contributed by atoms with van der Waals surface area (Å²) in [6, 6.07) is 12.1. The van der Waals surface area contributed by atoms with Gasteiger partial charge in [0.2, 0.25) is 0 Å². The van der Waals surface area contributed by atoms with E-state index in [2.05, 4.69) is 15.8 Å². The third-order valence-corrected chi connectivity index (χ3v) is 3.55. The second-order valence-corrected chi connectivity index (χ2v) is 5.71. The topological polar surface area (TPSA) is 45.6 Å². The van der Waals surface area contributed by atoms with Gasteiger partial charge in [0.1, 0.15) is 5.75 Å². The van der Waals surface area contributed by atoms with Crippen LogP contribution in [0.4, 0.5) is 18.9 Å². The Morgan fingerprint density at radius 1 is 1.15 bits per heavy atom. The molecule has 2 aromatic rings. The lowest BCUT2D eigenvalue weighted by Gasteiger charge is -2.10. The molecule has 0 saturated carbocycles. The number of nitrogens with zero attached hydrogens (tertiary/aromatic N) is 1. The largest absolute Gasteiger partial charge is 0.494 e. The van der Waals surface area contributed by atoms with Crippen LogP contribution in [0, 0.1) is 0 Å². The van der Waals surface area contributed by atoms with E-state index in [0.29, 0.717) is 17.9 Å². The molecule has 2 rings (SSSR count). The van der Waals surface area contributed by atoms with E-state index in [0.717, 1.165) is 23.6 Å². The number of anilines is 1. The Morgan fingerprint density at radius 3 is 2.46 bits per heavy atom. The number of alkyl halides is 3. The molecule has 0 aliphatic heterocycles. The molecule has 0 atom stereocenters. The van der Waals surface area contributed by atoms with E-state index >= 15 is 0 Å². The van der Waals surface area contributed by atoms with Gasteiger partial charge in [-0.15, -0.1) is 0 Å². The molecule has 0 heterocycles.